The van der Waals surface area contributed by atoms with Crippen LogP contribution in [0.15, 0.2) is 102 Å². The lowest BCUT2D eigenvalue weighted by Crippen LogP contribution is -2.32. The van der Waals surface area contributed by atoms with Gasteiger partial charge in [-0.25, -0.2) is 9.69 Å². The third kappa shape index (κ3) is 4.27. The Hall–Kier alpha value is -4.42. The second-order valence-corrected chi connectivity index (χ2v) is 8.40. The number of para-hydroxylation sites is 1. The normalized spacial score (nSPS) is 13.5. The smallest absolute Gasteiger partial charge is 0.343 e. The lowest BCUT2D eigenvalue weighted by molar-refractivity contribution is -0.120. The number of esters is 1. The molecule has 4 aromatic carbocycles. The van der Waals surface area contributed by atoms with E-state index in [0.29, 0.717) is 22.7 Å². The summed E-state index contributed by atoms with van der Waals surface area (Å²) in [6, 6.07) is 26.7. The number of carbonyl (C=O) groups excluding carboxylic acids is 3. The van der Waals surface area contributed by atoms with Crippen LogP contribution in [0.1, 0.15) is 15.9 Å². The van der Waals surface area contributed by atoms with Gasteiger partial charge in [0.25, 0.3) is 11.8 Å². The maximum absolute atomic E-state index is 13.0. The van der Waals surface area contributed by atoms with Crippen LogP contribution in [0.3, 0.4) is 0 Å². The van der Waals surface area contributed by atoms with E-state index < -0.39 is 17.8 Å². The molecule has 35 heavy (non-hydrogen) atoms. The number of amides is 2. The highest BCUT2D eigenvalue weighted by Gasteiger charge is 2.39. The molecule has 0 bridgehead atoms. The van der Waals surface area contributed by atoms with Crippen molar-refractivity contribution in [3.63, 3.8) is 0 Å². The van der Waals surface area contributed by atoms with Crippen molar-refractivity contribution in [1.82, 2.24) is 0 Å². The first-order valence-corrected chi connectivity index (χ1v) is 11.2. The number of hydrogen-bond donors (Lipinski definition) is 1. The van der Waals surface area contributed by atoms with Gasteiger partial charge < -0.3 is 10.1 Å². The minimum atomic E-state index is -0.593. The molecule has 172 valence electrons. The minimum Gasteiger partial charge on any atom is -0.423 e. The number of halogens is 1. The van der Waals surface area contributed by atoms with Gasteiger partial charge >= 0.3 is 5.97 Å². The topological polar surface area (TPSA) is 75.7 Å². The van der Waals surface area contributed by atoms with E-state index in [1.165, 1.54) is 0 Å². The summed E-state index contributed by atoms with van der Waals surface area (Å²) in [4.78, 5) is 39.3. The Bertz CT molecular complexity index is 1530. The highest BCUT2D eigenvalue weighted by molar-refractivity contribution is 6.53. The first kappa shape index (κ1) is 22.4. The first-order chi connectivity index (χ1) is 16.9. The minimum absolute atomic E-state index is 0.0218. The first-order valence-electron chi connectivity index (χ1n) is 10.8. The zero-order valence-electron chi connectivity index (χ0n) is 18.6. The number of anilines is 2. The van der Waals surface area contributed by atoms with E-state index in [9.17, 15) is 14.4 Å². The predicted octanol–water partition coefficient (Wildman–Crippen LogP) is 5.80. The van der Waals surface area contributed by atoms with Crippen LogP contribution < -0.4 is 15.0 Å². The molecule has 0 radical (unpaired) electrons. The average molecular weight is 483 g/mol. The summed E-state index contributed by atoms with van der Waals surface area (Å²) in [7, 11) is 0. The zero-order valence-corrected chi connectivity index (χ0v) is 19.4. The highest BCUT2D eigenvalue weighted by Crippen LogP contribution is 2.32. The van der Waals surface area contributed by atoms with Crippen molar-refractivity contribution >= 4 is 51.5 Å². The van der Waals surface area contributed by atoms with Crippen molar-refractivity contribution in [1.29, 1.82) is 0 Å². The van der Waals surface area contributed by atoms with Gasteiger partial charge in [-0.15, -0.1) is 0 Å². The molecule has 1 aliphatic heterocycles. The van der Waals surface area contributed by atoms with Gasteiger partial charge in [0.2, 0.25) is 0 Å². The summed E-state index contributed by atoms with van der Waals surface area (Å²) < 4.78 is 5.51. The number of aryl methyl sites for hydroxylation is 1. The van der Waals surface area contributed by atoms with Crippen LogP contribution in [0.4, 0.5) is 11.4 Å². The van der Waals surface area contributed by atoms with Gasteiger partial charge in [-0.1, -0.05) is 60.1 Å². The summed E-state index contributed by atoms with van der Waals surface area (Å²) >= 11 is 6.21. The van der Waals surface area contributed by atoms with E-state index in [4.69, 9.17) is 16.3 Å². The maximum Gasteiger partial charge on any atom is 0.343 e. The number of ether oxygens (including phenoxy) is 1. The van der Waals surface area contributed by atoms with E-state index in [1.54, 1.807) is 48.5 Å². The molecule has 0 spiro atoms. The molecule has 0 aliphatic carbocycles. The van der Waals surface area contributed by atoms with Gasteiger partial charge in [-0.05, 0) is 65.7 Å². The SMILES string of the molecule is Cc1ccccc1N1C(=O)C(Cl)=C(Nc2ccc(C(=O)Oc3ccc4ccccc4c3)cc2)C1=O. The lowest BCUT2D eigenvalue weighted by atomic mass is 10.1. The van der Waals surface area contributed by atoms with Gasteiger partial charge in [0.1, 0.15) is 16.5 Å². The molecule has 5 rings (SSSR count). The van der Waals surface area contributed by atoms with Crippen molar-refractivity contribution in [3.8, 4) is 5.75 Å². The number of nitrogens with one attached hydrogen (secondary N) is 1. The number of fused-ring (bicyclic) bond motifs is 1. The van der Waals surface area contributed by atoms with Crippen LogP contribution in [0.25, 0.3) is 10.8 Å². The molecular weight excluding hydrogens is 464 g/mol. The monoisotopic (exact) mass is 482 g/mol. The molecule has 7 heteroatoms. The Labute approximate surface area is 206 Å². The Morgan fingerprint density at radius 3 is 2.26 bits per heavy atom. The lowest BCUT2D eigenvalue weighted by Gasteiger charge is -2.17. The molecule has 0 unspecified atom stereocenters. The summed E-state index contributed by atoms with van der Waals surface area (Å²) in [6.45, 7) is 1.81. The summed E-state index contributed by atoms with van der Waals surface area (Å²) in [6.07, 6.45) is 0. The second-order valence-electron chi connectivity index (χ2n) is 8.02. The molecule has 6 nitrogen and oxygen atoms in total. The van der Waals surface area contributed by atoms with Crippen molar-refractivity contribution in [2.75, 3.05) is 10.2 Å². The Morgan fingerprint density at radius 2 is 1.51 bits per heavy atom. The number of imide groups is 1. The van der Waals surface area contributed by atoms with Crippen LogP contribution in [0.5, 0.6) is 5.75 Å². The number of rotatable bonds is 5. The van der Waals surface area contributed by atoms with E-state index in [-0.39, 0.29) is 10.7 Å². The largest absolute Gasteiger partial charge is 0.423 e. The fraction of sp³-hybridized carbons (Fsp3) is 0.0357. The van der Waals surface area contributed by atoms with E-state index >= 15 is 0 Å². The molecule has 0 fully saturated rings. The fourth-order valence-corrected chi connectivity index (χ4v) is 4.09. The third-order valence-electron chi connectivity index (χ3n) is 5.71. The Balaban J connectivity index is 1.30. The number of nitrogens with zero attached hydrogens (tertiary/aromatic N) is 1. The predicted molar refractivity (Wildman–Crippen MR) is 136 cm³/mol. The zero-order chi connectivity index (χ0) is 24.5. The Kier molecular flexibility index (Phi) is 5.81. The van der Waals surface area contributed by atoms with Gasteiger partial charge in [0, 0.05) is 5.69 Å². The van der Waals surface area contributed by atoms with Crippen molar-refractivity contribution in [3.05, 3.63) is 113 Å². The molecule has 1 heterocycles. The number of benzene rings is 4. The van der Waals surface area contributed by atoms with Crippen LogP contribution in [-0.4, -0.2) is 17.8 Å². The molecule has 4 aromatic rings. The van der Waals surface area contributed by atoms with Crippen LogP contribution in [-0.2, 0) is 9.59 Å². The summed E-state index contributed by atoms with van der Waals surface area (Å²) in [5.74, 6) is -1.21. The molecule has 2 amide bonds. The van der Waals surface area contributed by atoms with Crippen molar-refractivity contribution in [2.24, 2.45) is 0 Å². The molecule has 0 atom stereocenters. The van der Waals surface area contributed by atoms with E-state index in [2.05, 4.69) is 5.32 Å². The third-order valence-corrected chi connectivity index (χ3v) is 6.06. The quantitative estimate of drug-likeness (QED) is 0.221. The maximum atomic E-state index is 13.0. The molecule has 1 aliphatic rings. The molecule has 1 N–H and O–H groups in total. The van der Waals surface area contributed by atoms with Crippen LogP contribution in [0.2, 0.25) is 0 Å². The van der Waals surface area contributed by atoms with Gasteiger partial charge in [-0.2, -0.15) is 0 Å². The average Bonchev–Trinajstić information content (AvgIpc) is 3.07. The highest BCUT2D eigenvalue weighted by atomic mass is 35.5. The van der Waals surface area contributed by atoms with Crippen LogP contribution >= 0.6 is 11.6 Å². The number of carbonyl (C=O) groups is 3. The van der Waals surface area contributed by atoms with Crippen LogP contribution in [0, 0.1) is 6.92 Å². The molecule has 0 aromatic heterocycles. The van der Waals surface area contributed by atoms with Crippen molar-refractivity contribution in [2.45, 2.75) is 6.92 Å². The second kappa shape index (κ2) is 9.08. The van der Waals surface area contributed by atoms with Gasteiger partial charge in [0.15, 0.2) is 0 Å². The Morgan fingerprint density at radius 1 is 0.829 bits per heavy atom. The number of hydrogen-bond acceptors (Lipinski definition) is 5. The summed E-state index contributed by atoms with van der Waals surface area (Å²) in [5, 5.41) is 4.74. The summed E-state index contributed by atoms with van der Waals surface area (Å²) in [5.41, 5.74) is 2.05. The fourth-order valence-electron chi connectivity index (χ4n) is 3.88. The van der Waals surface area contributed by atoms with E-state index in [0.717, 1.165) is 21.2 Å². The van der Waals surface area contributed by atoms with E-state index in [1.807, 2.05) is 49.4 Å². The molecule has 0 saturated heterocycles. The van der Waals surface area contributed by atoms with Gasteiger partial charge in [0.05, 0.1) is 11.3 Å². The van der Waals surface area contributed by atoms with Gasteiger partial charge in [-0.3, -0.25) is 9.59 Å². The van der Waals surface area contributed by atoms with Crippen molar-refractivity contribution < 1.29 is 19.1 Å². The standard InChI is InChI=1S/C28H19ClN2O4/c1-17-6-2-5-9-23(17)31-26(32)24(29)25(27(31)33)30-21-13-10-19(11-14-21)28(34)35-22-15-12-18-7-3-4-8-20(18)16-22/h2-16,30H,1H3. The molecule has 0 saturated carbocycles. The molecular formula is C28H19ClN2O4.